The van der Waals surface area contributed by atoms with Gasteiger partial charge in [-0.15, -0.1) is 15.3 Å². The number of nitrogens with zero attached hydrogens (tertiary/aromatic N) is 6. The Balaban J connectivity index is 1.69. The largest absolute Gasteiger partial charge is 0.342 e. The van der Waals surface area contributed by atoms with Crippen LogP contribution in [0.1, 0.15) is 16.4 Å². The highest BCUT2D eigenvalue weighted by atomic mass is 16.2. The van der Waals surface area contributed by atoms with Crippen molar-refractivity contribution in [3.8, 4) is 5.69 Å². The van der Waals surface area contributed by atoms with Crippen molar-refractivity contribution in [2.24, 2.45) is 0 Å². The first-order valence-corrected chi connectivity index (χ1v) is 5.80. The molecule has 20 heavy (non-hydrogen) atoms. The fourth-order valence-corrected chi connectivity index (χ4v) is 1.57. The highest BCUT2D eigenvalue weighted by Crippen LogP contribution is 2.04. The van der Waals surface area contributed by atoms with E-state index in [-0.39, 0.29) is 12.4 Å². The lowest BCUT2D eigenvalue weighted by atomic mass is 10.3. The number of amides is 1. The van der Waals surface area contributed by atoms with Crippen LogP contribution < -0.4 is 5.32 Å². The standard InChI is InChI=1S/C11H10N8O/c20-11(12-6-9-14-17-18-15-9)10-13-7-19(16-10)8-4-2-1-3-5-8/h1-5,7H,6H2,(H,12,20)(H,14,15,17,18). The van der Waals surface area contributed by atoms with E-state index < -0.39 is 5.91 Å². The van der Waals surface area contributed by atoms with Gasteiger partial charge in [-0.2, -0.15) is 5.21 Å². The van der Waals surface area contributed by atoms with Crippen molar-refractivity contribution in [2.45, 2.75) is 6.54 Å². The summed E-state index contributed by atoms with van der Waals surface area (Å²) in [5.41, 5.74) is 0.831. The number of carbonyl (C=O) groups excluding carboxylic acids is 1. The lowest BCUT2D eigenvalue weighted by Gasteiger charge is -1.99. The van der Waals surface area contributed by atoms with Crippen LogP contribution in [0.15, 0.2) is 36.7 Å². The molecule has 100 valence electrons. The van der Waals surface area contributed by atoms with Crippen LogP contribution in [-0.4, -0.2) is 41.3 Å². The number of carbonyl (C=O) groups is 1. The molecule has 0 fully saturated rings. The third kappa shape index (κ3) is 2.51. The average molecular weight is 270 g/mol. The van der Waals surface area contributed by atoms with Gasteiger partial charge in [0.05, 0.1) is 12.2 Å². The molecule has 0 radical (unpaired) electrons. The highest BCUT2D eigenvalue weighted by molar-refractivity contribution is 5.90. The molecular weight excluding hydrogens is 260 g/mol. The molecule has 0 aliphatic rings. The number of nitrogens with one attached hydrogen (secondary N) is 2. The Kier molecular flexibility index (Phi) is 3.15. The van der Waals surface area contributed by atoms with Gasteiger partial charge >= 0.3 is 0 Å². The molecule has 1 amide bonds. The van der Waals surface area contributed by atoms with Gasteiger partial charge in [0, 0.05) is 0 Å². The van der Waals surface area contributed by atoms with Crippen molar-refractivity contribution >= 4 is 5.91 Å². The second kappa shape index (κ2) is 5.26. The van der Waals surface area contributed by atoms with Gasteiger partial charge in [-0.1, -0.05) is 23.4 Å². The van der Waals surface area contributed by atoms with Crippen LogP contribution >= 0.6 is 0 Å². The number of rotatable bonds is 4. The molecule has 9 nitrogen and oxygen atoms in total. The van der Waals surface area contributed by atoms with E-state index in [1.807, 2.05) is 30.3 Å². The van der Waals surface area contributed by atoms with Crippen LogP contribution in [0.2, 0.25) is 0 Å². The maximum Gasteiger partial charge on any atom is 0.291 e. The normalized spacial score (nSPS) is 10.4. The first kappa shape index (κ1) is 12.0. The molecule has 3 aromatic rings. The molecule has 3 rings (SSSR count). The lowest BCUT2D eigenvalue weighted by molar-refractivity contribution is 0.0939. The van der Waals surface area contributed by atoms with Gasteiger partial charge in [-0.25, -0.2) is 9.67 Å². The number of aromatic nitrogens is 7. The second-order valence-electron chi connectivity index (χ2n) is 3.86. The van der Waals surface area contributed by atoms with Gasteiger partial charge < -0.3 is 5.32 Å². The first-order valence-electron chi connectivity index (χ1n) is 5.80. The van der Waals surface area contributed by atoms with Crippen LogP contribution in [0.5, 0.6) is 0 Å². The second-order valence-corrected chi connectivity index (χ2v) is 3.86. The van der Waals surface area contributed by atoms with Gasteiger partial charge in [0.1, 0.15) is 6.33 Å². The summed E-state index contributed by atoms with van der Waals surface area (Å²) in [6.45, 7) is 0.162. The fourth-order valence-electron chi connectivity index (χ4n) is 1.57. The third-order valence-corrected chi connectivity index (χ3v) is 2.51. The van der Waals surface area contributed by atoms with Gasteiger partial charge in [0.15, 0.2) is 5.82 Å². The SMILES string of the molecule is O=C(NCc1nn[nH]n1)c1ncn(-c2ccccc2)n1. The van der Waals surface area contributed by atoms with Crippen molar-refractivity contribution in [2.75, 3.05) is 0 Å². The molecule has 2 aromatic heterocycles. The number of aromatic amines is 1. The molecule has 0 spiro atoms. The zero-order valence-corrected chi connectivity index (χ0v) is 10.3. The molecule has 0 aliphatic carbocycles. The Hall–Kier alpha value is -3.10. The van der Waals surface area contributed by atoms with Crippen LogP contribution in [0, 0.1) is 0 Å². The monoisotopic (exact) mass is 270 g/mol. The molecule has 0 aliphatic heterocycles. The number of hydrogen-bond acceptors (Lipinski definition) is 6. The molecule has 0 atom stereocenters. The van der Waals surface area contributed by atoms with Crippen molar-refractivity contribution in [1.82, 2.24) is 40.7 Å². The minimum atomic E-state index is -0.399. The topological polar surface area (TPSA) is 114 Å². The summed E-state index contributed by atoms with van der Waals surface area (Å²) < 4.78 is 1.53. The summed E-state index contributed by atoms with van der Waals surface area (Å²) in [4.78, 5) is 15.8. The Morgan fingerprint density at radius 3 is 2.90 bits per heavy atom. The smallest absolute Gasteiger partial charge is 0.291 e. The Morgan fingerprint density at radius 1 is 1.30 bits per heavy atom. The van der Waals surface area contributed by atoms with E-state index in [1.54, 1.807) is 0 Å². The average Bonchev–Trinajstić information content (AvgIpc) is 3.17. The predicted molar refractivity (Wildman–Crippen MR) is 66.7 cm³/mol. The minimum Gasteiger partial charge on any atom is -0.342 e. The van der Waals surface area contributed by atoms with E-state index in [0.29, 0.717) is 5.82 Å². The van der Waals surface area contributed by atoms with E-state index >= 15 is 0 Å². The molecule has 0 saturated heterocycles. The quantitative estimate of drug-likeness (QED) is 0.673. The maximum atomic E-state index is 11.8. The van der Waals surface area contributed by atoms with E-state index in [2.05, 4.69) is 36.0 Å². The van der Waals surface area contributed by atoms with Crippen molar-refractivity contribution in [3.63, 3.8) is 0 Å². The van der Waals surface area contributed by atoms with Gasteiger partial charge in [0.25, 0.3) is 5.91 Å². The van der Waals surface area contributed by atoms with Crippen molar-refractivity contribution in [1.29, 1.82) is 0 Å². The van der Waals surface area contributed by atoms with Gasteiger partial charge in [-0.3, -0.25) is 4.79 Å². The van der Waals surface area contributed by atoms with Crippen molar-refractivity contribution < 1.29 is 4.79 Å². The Labute approximate surface area is 113 Å². The number of benzene rings is 1. The molecule has 1 aromatic carbocycles. The third-order valence-electron chi connectivity index (χ3n) is 2.51. The summed E-state index contributed by atoms with van der Waals surface area (Å²) >= 11 is 0. The number of H-pyrrole nitrogens is 1. The summed E-state index contributed by atoms with van der Waals surface area (Å²) in [6, 6.07) is 9.41. The summed E-state index contributed by atoms with van der Waals surface area (Å²) in [7, 11) is 0. The maximum absolute atomic E-state index is 11.8. The number of tetrazole rings is 1. The van der Waals surface area contributed by atoms with Gasteiger partial charge in [-0.05, 0) is 12.1 Å². The lowest BCUT2D eigenvalue weighted by Crippen LogP contribution is -2.24. The van der Waals surface area contributed by atoms with Gasteiger partial charge in [0.2, 0.25) is 5.82 Å². The van der Waals surface area contributed by atoms with Crippen LogP contribution in [0.4, 0.5) is 0 Å². The van der Waals surface area contributed by atoms with E-state index in [4.69, 9.17) is 0 Å². The number of hydrogen-bond donors (Lipinski definition) is 2. The van der Waals surface area contributed by atoms with Crippen LogP contribution in [0.3, 0.4) is 0 Å². The van der Waals surface area contributed by atoms with E-state index in [0.717, 1.165) is 5.69 Å². The summed E-state index contributed by atoms with van der Waals surface area (Å²) in [5, 5.41) is 19.9. The highest BCUT2D eigenvalue weighted by Gasteiger charge is 2.12. The summed E-state index contributed by atoms with van der Waals surface area (Å²) in [6.07, 6.45) is 1.48. The first-order chi connectivity index (χ1) is 9.83. The zero-order chi connectivity index (χ0) is 13.8. The molecule has 0 saturated carbocycles. The van der Waals surface area contributed by atoms with Crippen LogP contribution in [-0.2, 0) is 6.54 Å². The van der Waals surface area contributed by atoms with Crippen LogP contribution in [0.25, 0.3) is 5.69 Å². The molecule has 0 unspecified atom stereocenters. The number of para-hydroxylation sites is 1. The molecule has 2 N–H and O–H groups in total. The van der Waals surface area contributed by atoms with Crippen molar-refractivity contribution in [3.05, 3.63) is 48.3 Å². The Morgan fingerprint density at radius 2 is 2.15 bits per heavy atom. The Bertz CT molecular complexity index is 690. The summed E-state index contributed by atoms with van der Waals surface area (Å²) in [5.74, 6) is 0.0719. The predicted octanol–water partition coefficient (Wildman–Crippen LogP) is -0.290. The molecule has 9 heteroatoms. The minimum absolute atomic E-state index is 0.0809. The molecule has 0 bridgehead atoms. The zero-order valence-electron chi connectivity index (χ0n) is 10.3. The van der Waals surface area contributed by atoms with E-state index in [9.17, 15) is 4.79 Å². The van der Waals surface area contributed by atoms with E-state index in [1.165, 1.54) is 11.0 Å². The molecule has 2 heterocycles. The molecular formula is C11H10N8O. The fraction of sp³-hybridized carbons (Fsp3) is 0.0909.